The van der Waals surface area contributed by atoms with Crippen LogP contribution in [0.15, 0.2) is 60.7 Å². The van der Waals surface area contributed by atoms with E-state index in [0.717, 1.165) is 11.3 Å². The van der Waals surface area contributed by atoms with Crippen molar-refractivity contribution in [2.75, 3.05) is 25.8 Å². The highest BCUT2D eigenvalue weighted by Gasteiger charge is 2.12. The van der Waals surface area contributed by atoms with Crippen molar-refractivity contribution in [3.8, 4) is 17.2 Å². The minimum atomic E-state index is -0.365. The van der Waals surface area contributed by atoms with Crippen LogP contribution in [0.1, 0.15) is 5.56 Å². The average molecular weight is 380 g/mol. The molecule has 7 nitrogen and oxygen atoms in total. The third kappa shape index (κ3) is 5.38. The standard InChI is InChI=1S/C21H20N2O5/c1-26-17-7-4-6-16(12-17)23-21(25)13-22-20(24)8-3-2-5-15-9-10-18-19(11-15)28-14-27-18/h2-12H,13-14H2,1H3,(H,22,24)(H,23,25)/b5-2+,8-3+. The normalized spacial score (nSPS) is 12.3. The Labute approximate surface area is 162 Å². The molecular formula is C21H20N2O5. The third-order valence-corrected chi connectivity index (χ3v) is 3.82. The highest BCUT2D eigenvalue weighted by Crippen LogP contribution is 2.32. The first-order chi connectivity index (χ1) is 13.6. The molecule has 0 spiro atoms. The van der Waals surface area contributed by atoms with Crippen LogP contribution in [0.4, 0.5) is 5.69 Å². The van der Waals surface area contributed by atoms with Crippen LogP contribution < -0.4 is 24.8 Å². The topological polar surface area (TPSA) is 85.9 Å². The number of anilines is 1. The fourth-order valence-electron chi connectivity index (χ4n) is 2.46. The number of carbonyl (C=O) groups excluding carboxylic acids is 2. The zero-order valence-corrected chi connectivity index (χ0v) is 15.3. The van der Waals surface area contributed by atoms with Gasteiger partial charge >= 0.3 is 0 Å². The molecule has 0 aromatic heterocycles. The lowest BCUT2D eigenvalue weighted by atomic mass is 10.2. The van der Waals surface area contributed by atoms with Crippen molar-refractivity contribution >= 4 is 23.6 Å². The van der Waals surface area contributed by atoms with Crippen LogP contribution in [0.2, 0.25) is 0 Å². The first-order valence-corrected chi connectivity index (χ1v) is 8.60. The molecule has 2 N–H and O–H groups in total. The summed E-state index contributed by atoms with van der Waals surface area (Å²) in [6.45, 7) is 0.0974. The van der Waals surface area contributed by atoms with E-state index in [4.69, 9.17) is 14.2 Å². The van der Waals surface area contributed by atoms with Gasteiger partial charge in [-0.15, -0.1) is 0 Å². The van der Waals surface area contributed by atoms with Gasteiger partial charge in [-0.1, -0.05) is 30.4 Å². The molecule has 1 aliphatic heterocycles. The summed E-state index contributed by atoms with van der Waals surface area (Å²) < 4.78 is 15.7. The summed E-state index contributed by atoms with van der Waals surface area (Å²) in [6.07, 6.45) is 6.51. The molecule has 144 valence electrons. The summed E-state index contributed by atoms with van der Waals surface area (Å²) in [4.78, 5) is 23.7. The van der Waals surface area contributed by atoms with Crippen molar-refractivity contribution in [1.29, 1.82) is 0 Å². The van der Waals surface area contributed by atoms with E-state index >= 15 is 0 Å². The van der Waals surface area contributed by atoms with E-state index in [-0.39, 0.29) is 25.2 Å². The van der Waals surface area contributed by atoms with Gasteiger partial charge in [0.25, 0.3) is 0 Å². The van der Waals surface area contributed by atoms with Crippen molar-refractivity contribution in [2.24, 2.45) is 0 Å². The smallest absolute Gasteiger partial charge is 0.244 e. The number of hydrogen-bond acceptors (Lipinski definition) is 5. The van der Waals surface area contributed by atoms with Gasteiger partial charge in [0.05, 0.1) is 13.7 Å². The fraction of sp³-hybridized carbons (Fsp3) is 0.143. The molecule has 2 aromatic carbocycles. The molecule has 0 radical (unpaired) electrons. The van der Waals surface area contributed by atoms with Crippen LogP contribution in [0, 0.1) is 0 Å². The molecule has 3 rings (SSSR count). The van der Waals surface area contributed by atoms with Crippen LogP contribution in [0.5, 0.6) is 17.2 Å². The van der Waals surface area contributed by atoms with Gasteiger partial charge in [-0.2, -0.15) is 0 Å². The molecule has 2 amide bonds. The SMILES string of the molecule is COc1cccc(NC(=O)CNC(=O)/C=C/C=C/c2ccc3c(c2)OCO3)c1. The predicted octanol–water partition coefficient (Wildman–Crippen LogP) is 2.75. The van der Waals surface area contributed by atoms with E-state index in [1.165, 1.54) is 6.08 Å². The van der Waals surface area contributed by atoms with Crippen molar-refractivity contribution in [3.63, 3.8) is 0 Å². The molecule has 0 saturated heterocycles. The molecule has 1 heterocycles. The number of ether oxygens (including phenoxy) is 3. The number of fused-ring (bicyclic) bond motifs is 1. The zero-order chi connectivity index (χ0) is 19.8. The van der Waals surface area contributed by atoms with Crippen LogP contribution in [-0.4, -0.2) is 32.3 Å². The molecular weight excluding hydrogens is 360 g/mol. The van der Waals surface area contributed by atoms with E-state index in [1.807, 2.05) is 24.3 Å². The van der Waals surface area contributed by atoms with E-state index in [1.54, 1.807) is 43.5 Å². The highest BCUT2D eigenvalue weighted by atomic mass is 16.7. The molecule has 1 aliphatic rings. The first-order valence-electron chi connectivity index (χ1n) is 8.60. The largest absolute Gasteiger partial charge is 0.497 e. The molecule has 7 heteroatoms. The molecule has 0 unspecified atom stereocenters. The Morgan fingerprint density at radius 3 is 2.82 bits per heavy atom. The third-order valence-electron chi connectivity index (χ3n) is 3.82. The molecule has 0 saturated carbocycles. The Bertz CT molecular complexity index is 921. The fourth-order valence-corrected chi connectivity index (χ4v) is 2.46. The lowest BCUT2D eigenvalue weighted by Gasteiger charge is -2.07. The van der Waals surface area contributed by atoms with Crippen molar-refractivity contribution < 1.29 is 23.8 Å². The molecule has 0 aliphatic carbocycles. The quantitative estimate of drug-likeness (QED) is 0.570. The Balaban J connectivity index is 1.42. The maximum Gasteiger partial charge on any atom is 0.244 e. The van der Waals surface area contributed by atoms with Gasteiger partial charge in [-0.25, -0.2) is 0 Å². The summed E-state index contributed by atoms with van der Waals surface area (Å²) in [5, 5.41) is 5.21. The second-order valence-electron chi connectivity index (χ2n) is 5.83. The second kappa shape index (κ2) is 9.27. The van der Waals surface area contributed by atoms with Crippen molar-refractivity contribution in [2.45, 2.75) is 0 Å². The minimum absolute atomic E-state index is 0.133. The van der Waals surface area contributed by atoms with Crippen molar-refractivity contribution in [3.05, 3.63) is 66.3 Å². The van der Waals surface area contributed by atoms with Gasteiger partial charge in [0.2, 0.25) is 18.6 Å². The Kier molecular flexibility index (Phi) is 6.30. The zero-order valence-electron chi connectivity index (χ0n) is 15.3. The lowest BCUT2D eigenvalue weighted by Crippen LogP contribution is -2.31. The molecule has 0 atom stereocenters. The highest BCUT2D eigenvalue weighted by molar-refractivity contribution is 5.96. The van der Waals surface area contributed by atoms with E-state index in [2.05, 4.69) is 10.6 Å². The van der Waals surface area contributed by atoms with E-state index in [0.29, 0.717) is 17.2 Å². The molecule has 0 bridgehead atoms. The second-order valence-corrected chi connectivity index (χ2v) is 5.83. The van der Waals surface area contributed by atoms with Gasteiger partial charge in [-0.3, -0.25) is 9.59 Å². The first kappa shape index (κ1) is 19.0. The maximum absolute atomic E-state index is 11.9. The maximum atomic E-state index is 11.9. The Morgan fingerprint density at radius 2 is 1.96 bits per heavy atom. The van der Waals surface area contributed by atoms with E-state index < -0.39 is 0 Å². The number of rotatable bonds is 7. The van der Waals surface area contributed by atoms with Crippen LogP contribution in [0.25, 0.3) is 6.08 Å². The van der Waals surface area contributed by atoms with Crippen LogP contribution in [0.3, 0.4) is 0 Å². The van der Waals surface area contributed by atoms with Gasteiger partial charge in [-0.05, 0) is 29.8 Å². The number of hydrogen-bond donors (Lipinski definition) is 2. The summed E-state index contributed by atoms with van der Waals surface area (Å²) in [7, 11) is 1.55. The summed E-state index contributed by atoms with van der Waals surface area (Å²) in [6, 6.07) is 12.6. The van der Waals surface area contributed by atoms with Gasteiger partial charge in [0, 0.05) is 17.8 Å². The number of allylic oxidation sites excluding steroid dienone is 2. The van der Waals surface area contributed by atoms with Gasteiger partial charge in [0.15, 0.2) is 11.5 Å². The number of carbonyl (C=O) groups is 2. The Hall–Kier alpha value is -3.74. The number of nitrogens with one attached hydrogen (secondary N) is 2. The average Bonchev–Trinajstić information content (AvgIpc) is 3.17. The minimum Gasteiger partial charge on any atom is -0.497 e. The molecule has 0 fully saturated rings. The Morgan fingerprint density at radius 1 is 1.11 bits per heavy atom. The van der Waals surface area contributed by atoms with Gasteiger partial charge in [0.1, 0.15) is 5.75 Å². The molecule has 28 heavy (non-hydrogen) atoms. The number of benzene rings is 2. The summed E-state index contributed by atoms with van der Waals surface area (Å²) in [5.41, 5.74) is 1.52. The number of amides is 2. The van der Waals surface area contributed by atoms with Crippen LogP contribution >= 0.6 is 0 Å². The van der Waals surface area contributed by atoms with E-state index in [9.17, 15) is 9.59 Å². The summed E-state index contributed by atoms with van der Waals surface area (Å²) >= 11 is 0. The van der Waals surface area contributed by atoms with Gasteiger partial charge < -0.3 is 24.8 Å². The van der Waals surface area contributed by atoms with Crippen molar-refractivity contribution in [1.82, 2.24) is 5.32 Å². The predicted molar refractivity (Wildman–Crippen MR) is 105 cm³/mol. The monoisotopic (exact) mass is 380 g/mol. The number of methoxy groups -OCH3 is 1. The lowest BCUT2D eigenvalue weighted by molar-refractivity contribution is -0.121. The van der Waals surface area contributed by atoms with Crippen LogP contribution in [-0.2, 0) is 9.59 Å². The summed E-state index contributed by atoms with van der Waals surface area (Å²) in [5.74, 6) is 1.37. The molecule has 2 aromatic rings.